The third-order valence-corrected chi connectivity index (χ3v) is 11.8. The number of aliphatic hydroxyl groups excluding tert-OH is 2. The number of aliphatic hydroxyl groups is 2. The number of ether oxygens (including phenoxy) is 1. The summed E-state index contributed by atoms with van der Waals surface area (Å²) >= 11 is 0. The molecule has 1 saturated heterocycles. The molecule has 1 aromatic carbocycles. The van der Waals surface area contributed by atoms with Gasteiger partial charge >= 0.3 is 12.0 Å². The molecule has 4 fully saturated rings. The summed E-state index contributed by atoms with van der Waals surface area (Å²) in [6.07, 6.45) is -0.194. The van der Waals surface area contributed by atoms with Gasteiger partial charge in [0, 0.05) is 29.5 Å². The van der Waals surface area contributed by atoms with E-state index < -0.39 is 88.2 Å². The van der Waals surface area contributed by atoms with Crippen LogP contribution >= 0.6 is 0 Å². The molecule has 236 valence electrons. The second-order valence-corrected chi connectivity index (χ2v) is 13.4. The van der Waals surface area contributed by atoms with Crippen molar-refractivity contribution in [3.8, 4) is 0 Å². The zero-order chi connectivity index (χ0) is 31.8. The number of anilines is 1. The number of hydrogen-bond acceptors (Lipinski definition) is 7. The fourth-order valence-corrected chi connectivity index (χ4v) is 9.87. The molecule has 0 aromatic heterocycles. The molecule has 4 aliphatic carbocycles. The molecule has 0 radical (unpaired) electrons. The number of nitrogens with zero attached hydrogens (tertiary/aromatic N) is 1. The van der Waals surface area contributed by atoms with Crippen LogP contribution in [0.4, 0.5) is 19.3 Å². The number of halogens is 2. The molecule has 1 unspecified atom stereocenters. The van der Waals surface area contributed by atoms with Crippen LogP contribution in [0.1, 0.15) is 40.0 Å². The van der Waals surface area contributed by atoms with Gasteiger partial charge in [0.15, 0.2) is 17.2 Å². The number of alkyl halides is 2. The van der Waals surface area contributed by atoms with Crippen molar-refractivity contribution in [2.24, 2.45) is 34.0 Å². The molecule has 1 aromatic rings. The van der Waals surface area contributed by atoms with Gasteiger partial charge in [-0.1, -0.05) is 31.2 Å². The maximum atomic E-state index is 17.7. The largest absolute Gasteiger partial charge is 0.464 e. The van der Waals surface area contributed by atoms with Gasteiger partial charge in [-0.3, -0.25) is 9.59 Å². The van der Waals surface area contributed by atoms with E-state index in [1.54, 1.807) is 44.2 Å². The van der Waals surface area contributed by atoms with Crippen molar-refractivity contribution in [2.75, 3.05) is 25.1 Å². The summed E-state index contributed by atoms with van der Waals surface area (Å²) in [6.45, 7) is 3.68. The molecular weight excluding hydrogens is 574 g/mol. The number of carbonyl (C=O) groups excluding carboxylic acids is 4. The number of ketones is 2. The average molecular weight is 613 g/mol. The fraction of sp³-hybridized carbons (Fsp3) is 0.576. The molecule has 10 atom stereocenters. The minimum Gasteiger partial charge on any atom is -0.464 e. The first-order chi connectivity index (χ1) is 20.8. The zero-order valence-electron chi connectivity index (χ0n) is 25.0. The van der Waals surface area contributed by atoms with E-state index in [4.69, 9.17) is 4.74 Å². The quantitative estimate of drug-likeness (QED) is 0.433. The molecule has 2 amide bonds. The molecule has 5 aliphatic rings. The summed E-state index contributed by atoms with van der Waals surface area (Å²) in [5, 5.41) is 24.8. The summed E-state index contributed by atoms with van der Waals surface area (Å²) in [6, 6.07) is 6.69. The Kier molecular flexibility index (Phi) is 7.16. The lowest BCUT2D eigenvalue weighted by molar-refractivity contribution is -0.211. The van der Waals surface area contributed by atoms with E-state index in [1.807, 2.05) is 0 Å². The van der Waals surface area contributed by atoms with Crippen molar-refractivity contribution in [1.82, 2.24) is 4.90 Å². The summed E-state index contributed by atoms with van der Waals surface area (Å²) in [5.41, 5.74) is -6.33. The number of benzene rings is 1. The molecule has 3 N–H and O–H groups in total. The fourth-order valence-electron chi connectivity index (χ4n) is 9.87. The van der Waals surface area contributed by atoms with Gasteiger partial charge in [0.25, 0.3) is 0 Å². The van der Waals surface area contributed by atoms with Crippen molar-refractivity contribution < 1.29 is 42.9 Å². The van der Waals surface area contributed by atoms with Gasteiger partial charge < -0.3 is 25.2 Å². The van der Waals surface area contributed by atoms with Crippen LogP contribution in [-0.2, 0) is 19.1 Å². The Labute approximate surface area is 254 Å². The Morgan fingerprint density at radius 1 is 1.11 bits per heavy atom. The maximum Gasteiger partial charge on any atom is 0.329 e. The number of fused-ring (bicyclic) bond motifs is 7. The predicted molar refractivity (Wildman–Crippen MR) is 155 cm³/mol. The minimum atomic E-state index is -2.38. The summed E-state index contributed by atoms with van der Waals surface area (Å²) in [7, 11) is 0. The first-order valence-corrected chi connectivity index (χ1v) is 15.2. The minimum absolute atomic E-state index is 0.00875. The van der Waals surface area contributed by atoms with Crippen molar-refractivity contribution >= 4 is 29.3 Å². The van der Waals surface area contributed by atoms with Gasteiger partial charge in [0.05, 0.1) is 18.1 Å². The number of amides is 2. The van der Waals surface area contributed by atoms with Crippen LogP contribution in [0.5, 0.6) is 0 Å². The van der Waals surface area contributed by atoms with Gasteiger partial charge in [-0.05, 0) is 74.3 Å². The number of rotatable bonds is 5. The molecule has 1 heterocycles. The third-order valence-electron chi connectivity index (χ3n) is 11.8. The van der Waals surface area contributed by atoms with E-state index >= 15 is 8.78 Å². The number of nitrogens with one attached hydrogen (secondary N) is 1. The Bertz CT molecular complexity index is 1470. The first kappa shape index (κ1) is 30.6. The standard InChI is InChI=1S/C33H38F2N2O7/c1-4-44-28(42)27-23-13-20-21-14-24(34)22-12-19(39)10-11-30(22,2)33(21,35)25(40)15-31(20,3)32(23,26(41)16-38)17-37(27)29(43)36-18-8-6-5-7-9-18/h5-12,20-21,23-25,27,38,40H,4,13-17H2,1-3H3,(H,36,43)/t20-,21-,23-,24-,25-,27?,30-,31-,32+,33-/m0/s1. The average Bonchev–Trinajstić information content (AvgIpc) is 3.46. The van der Waals surface area contributed by atoms with Crippen molar-refractivity contribution in [3.63, 3.8) is 0 Å². The zero-order valence-corrected chi connectivity index (χ0v) is 25.0. The van der Waals surface area contributed by atoms with E-state index in [-0.39, 0.29) is 38.0 Å². The molecule has 6 rings (SSSR count). The van der Waals surface area contributed by atoms with Gasteiger partial charge in [-0.2, -0.15) is 0 Å². The van der Waals surface area contributed by atoms with Crippen LogP contribution in [0.3, 0.4) is 0 Å². The number of urea groups is 1. The van der Waals surface area contributed by atoms with E-state index in [2.05, 4.69) is 5.32 Å². The van der Waals surface area contributed by atoms with Crippen LogP contribution in [0, 0.1) is 34.0 Å². The molecule has 1 aliphatic heterocycles. The Morgan fingerprint density at radius 2 is 1.82 bits per heavy atom. The van der Waals surface area contributed by atoms with E-state index in [0.29, 0.717) is 5.69 Å². The van der Waals surface area contributed by atoms with E-state index in [0.717, 1.165) is 6.08 Å². The van der Waals surface area contributed by atoms with E-state index in [9.17, 15) is 29.4 Å². The van der Waals surface area contributed by atoms with Gasteiger partial charge in [0.1, 0.15) is 18.8 Å². The lowest BCUT2D eigenvalue weighted by atomic mass is 9.43. The van der Waals surface area contributed by atoms with Gasteiger partial charge in [-0.25, -0.2) is 18.4 Å². The number of carbonyl (C=O) groups is 4. The van der Waals surface area contributed by atoms with Crippen LogP contribution in [0.15, 0.2) is 54.1 Å². The predicted octanol–water partition coefficient (Wildman–Crippen LogP) is 3.56. The topological polar surface area (TPSA) is 133 Å². The van der Waals surface area contributed by atoms with Gasteiger partial charge in [0.2, 0.25) is 0 Å². The molecule has 9 nitrogen and oxygen atoms in total. The monoisotopic (exact) mass is 612 g/mol. The Hall–Kier alpha value is -3.44. The molecule has 3 saturated carbocycles. The first-order valence-electron chi connectivity index (χ1n) is 15.2. The molecule has 11 heteroatoms. The maximum absolute atomic E-state index is 17.7. The highest BCUT2D eigenvalue weighted by Gasteiger charge is 2.80. The molecule has 0 bridgehead atoms. The molecule has 44 heavy (non-hydrogen) atoms. The molecular formula is C33H38F2N2O7. The number of likely N-dealkylation sites (tertiary alicyclic amines) is 1. The summed E-state index contributed by atoms with van der Waals surface area (Å²) in [5.74, 6) is -4.49. The Balaban J connectivity index is 1.47. The number of esters is 1. The normalized spacial score (nSPS) is 42.0. The second kappa shape index (κ2) is 10.3. The summed E-state index contributed by atoms with van der Waals surface area (Å²) < 4.78 is 39.1. The number of allylic oxidation sites excluding steroid dienone is 4. The number of Topliss-reactive ketones (excluding diaryl/α,β-unsaturated/α-hetero) is 1. The van der Waals surface area contributed by atoms with E-state index in [1.165, 1.54) is 24.0 Å². The van der Waals surface area contributed by atoms with Crippen molar-refractivity contribution in [1.29, 1.82) is 0 Å². The lowest BCUT2D eigenvalue weighted by Crippen LogP contribution is -2.69. The Morgan fingerprint density at radius 3 is 2.48 bits per heavy atom. The van der Waals surface area contributed by atoms with Gasteiger partial charge in [-0.15, -0.1) is 0 Å². The van der Waals surface area contributed by atoms with Crippen LogP contribution in [0.2, 0.25) is 0 Å². The summed E-state index contributed by atoms with van der Waals surface area (Å²) in [4.78, 5) is 54.7. The number of hydrogen-bond donors (Lipinski definition) is 3. The van der Waals surface area contributed by atoms with Crippen LogP contribution < -0.4 is 5.32 Å². The molecule has 0 spiro atoms. The highest BCUT2D eigenvalue weighted by atomic mass is 19.1. The number of para-hydroxylation sites is 1. The highest BCUT2D eigenvalue weighted by molar-refractivity contribution is 6.01. The SMILES string of the molecule is CCOC(=O)C1[C@@H]2C[C@H]3[C@@H]4C[C@H](F)C5=CC(=O)C=C[C@]5(C)[C@@]4(F)[C@@H](O)C[C@]3(C)[C@]2(C(=O)CO)CN1C(=O)Nc1ccccc1. The van der Waals surface area contributed by atoms with Crippen molar-refractivity contribution in [3.05, 3.63) is 54.1 Å². The highest BCUT2D eigenvalue weighted by Crippen LogP contribution is 2.75. The smallest absolute Gasteiger partial charge is 0.329 e. The van der Waals surface area contributed by atoms with Crippen molar-refractivity contribution in [2.45, 2.75) is 64.0 Å². The lowest BCUT2D eigenvalue weighted by Gasteiger charge is -2.63. The second-order valence-electron chi connectivity index (χ2n) is 13.4. The van der Waals surface area contributed by atoms with Crippen LogP contribution in [-0.4, -0.2) is 82.4 Å². The van der Waals surface area contributed by atoms with Crippen LogP contribution in [0.25, 0.3) is 0 Å². The third kappa shape index (κ3) is 3.81.